The first-order chi connectivity index (χ1) is 10.3. The molecule has 1 unspecified atom stereocenters. The second-order valence-electron chi connectivity index (χ2n) is 4.75. The average molecular weight is 315 g/mol. The Morgan fingerprint density at radius 3 is 2.59 bits per heavy atom. The summed E-state index contributed by atoms with van der Waals surface area (Å²) in [4.78, 5) is 11.7. The number of nitrogens with zero attached hydrogens (tertiary/aromatic N) is 1. The van der Waals surface area contributed by atoms with Crippen LogP contribution in [0.4, 0.5) is 13.2 Å². The Balaban J connectivity index is 2.60. The fourth-order valence-electron chi connectivity index (χ4n) is 2.33. The van der Waals surface area contributed by atoms with E-state index in [4.69, 9.17) is 4.74 Å². The van der Waals surface area contributed by atoms with Crippen molar-refractivity contribution in [3.8, 4) is 0 Å². The van der Waals surface area contributed by atoms with Gasteiger partial charge in [0.2, 0.25) is 0 Å². The number of aryl methyl sites for hydroxylation is 1. The minimum Gasteiger partial charge on any atom is -0.464 e. The molecule has 1 aromatic carbocycles. The van der Waals surface area contributed by atoms with Gasteiger partial charge in [0.25, 0.3) is 0 Å². The fraction of sp³-hybridized carbons (Fsp3) is 0.400. The van der Waals surface area contributed by atoms with Crippen molar-refractivity contribution in [2.75, 3.05) is 6.61 Å². The maximum absolute atomic E-state index is 12.9. The Morgan fingerprint density at radius 2 is 2.05 bits per heavy atom. The zero-order chi connectivity index (χ0) is 16.5. The van der Waals surface area contributed by atoms with E-state index < -0.39 is 23.8 Å². The third-order valence-corrected chi connectivity index (χ3v) is 3.38. The van der Waals surface area contributed by atoms with Crippen molar-refractivity contribution in [2.24, 2.45) is 0 Å². The Morgan fingerprint density at radius 1 is 1.36 bits per heavy atom. The predicted octanol–water partition coefficient (Wildman–Crippen LogP) is 3.28. The number of hydrogen-bond donors (Lipinski definition) is 1. The number of carbonyl (C=O) groups excluding carboxylic acids is 1. The Labute approximate surface area is 125 Å². The van der Waals surface area contributed by atoms with Gasteiger partial charge in [-0.15, -0.1) is 0 Å². The van der Waals surface area contributed by atoms with Crippen LogP contribution in [0.3, 0.4) is 0 Å². The number of rotatable bonds is 4. The second kappa shape index (κ2) is 6.00. The number of carbonyl (C=O) groups is 1. The van der Waals surface area contributed by atoms with Crippen LogP contribution in [0.2, 0.25) is 0 Å². The summed E-state index contributed by atoms with van der Waals surface area (Å²) in [5.41, 5.74) is -0.193. The molecule has 1 heterocycles. The number of halogens is 3. The molecule has 0 saturated heterocycles. The van der Waals surface area contributed by atoms with E-state index in [1.807, 2.05) is 6.92 Å². The number of aliphatic hydroxyl groups excluding tert-OH is 1. The van der Waals surface area contributed by atoms with Crippen molar-refractivity contribution in [1.82, 2.24) is 4.57 Å². The minimum absolute atomic E-state index is 0.0795. The summed E-state index contributed by atoms with van der Waals surface area (Å²) in [6.07, 6.45) is -4.63. The normalized spacial score (nSPS) is 13.4. The van der Waals surface area contributed by atoms with Crippen molar-refractivity contribution in [3.05, 3.63) is 35.5 Å². The lowest BCUT2D eigenvalue weighted by Gasteiger charge is -2.10. The van der Waals surface area contributed by atoms with Crippen LogP contribution in [0.1, 0.15) is 31.1 Å². The minimum atomic E-state index is -4.49. The van der Waals surface area contributed by atoms with Crippen molar-refractivity contribution in [2.45, 2.75) is 32.7 Å². The topological polar surface area (TPSA) is 51.5 Å². The molecule has 0 radical (unpaired) electrons. The van der Waals surface area contributed by atoms with E-state index in [1.54, 1.807) is 11.5 Å². The van der Waals surface area contributed by atoms with Crippen molar-refractivity contribution < 1.29 is 27.8 Å². The van der Waals surface area contributed by atoms with E-state index >= 15 is 0 Å². The van der Waals surface area contributed by atoms with Gasteiger partial charge in [-0.3, -0.25) is 0 Å². The van der Waals surface area contributed by atoms with Gasteiger partial charge in [0.15, 0.2) is 6.10 Å². The number of alkyl halides is 3. The molecule has 22 heavy (non-hydrogen) atoms. The van der Waals surface area contributed by atoms with Crippen LogP contribution in [0.15, 0.2) is 24.4 Å². The van der Waals surface area contributed by atoms with Gasteiger partial charge in [-0.05, 0) is 32.0 Å². The van der Waals surface area contributed by atoms with Gasteiger partial charge >= 0.3 is 12.1 Å². The number of fused-ring (bicyclic) bond motifs is 1. The number of hydrogen-bond acceptors (Lipinski definition) is 3. The van der Waals surface area contributed by atoms with Gasteiger partial charge in [-0.2, -0.15) is 13.2 Å². The fourth-order valence-corrected chi connectivity index (χ4v) is 2.33. The number of aromatic nitrogens is 1. The third-order valence-electron chi connectivity index (χ3n) is 3.38. The number of ether oxygens (including phenoxy) is 1. The van der Waals surface area contributed by atoms with E-state index in [0.717, 1.165) is 12.1 Å². The molecule has 0 aliphatic rings. The van der Waals surface area contributed by atoms with Crippen LogP contribution in [-0.4, -0.2) is 22.2 Å². The maximum Gasteiger partial charge on any atom is 0.416 e. The lowest BCUT2D eigenvalue weighted by molar-refractivity contribution is -0.153. The largest absolute Gasteiger partial charge is 0.464 e. The zero-order valence-corrected chi connectivity index (χ0v) is 12.1. The van der Waals surface area contributed by atoms with Gasteiger partial charge in [-0.1, -0.05) is 0 Å². The highest BCUT2D eigenvalue weighted by Gasteiger charge is 2.32. The first-order valence-corrected chi connectivity index (χ1v) is 6.84. The molecule has 4 nitrogen and oxygen atoms in total. The molecule has 1 aromatic heterocycles. The van der Waals surface area contributed by atoms with Crippen molar-refractivity contribution >= 4 is 16.9 Å². The standard InChI is InChI=1S/C15H16F3NO3/c1-3-19-8-11(13(20)14(21)22-4-2)10-7-9(15(16,17)18)5-6-12(10)19/h5-8,13,20H,3-4H2,1-2H3. The van der Waals surface area contributed by atoms with Crippen molar-refractivity contribution in [3.63, 3.8) is 0 Å². The van der Waals surface area contributed by atoms with E-state index in [9.17, 15) is 23.1 Å². The molecule has 0 aliphatic carbocycles. The number of aliphatic hydroxyl groups is 1. The van der Waals surface area contributed by atoms with Crippen LogP contribution in [-0.2, 0) is 22.3 Å². The SMILES string of the molecule is CCOC(=O)C(O)c1cn(CC)c2ccc(C(F)(F)F)cc12. The Kier molecular flexibility index (Phi) is 4.46. The summed E-state index contributed by atoms with van der Waals surface area (Å²) >= 11 is 0. The molecule has 0 fully saturated rings. The maximum atomic E-state index is 12.9. The quantitative estimate of drug-likeness (QED) is 0.881. The predicted molar refractivity (Wildman–Crippen MR) is 74.2 cm³/mol. The summed E-state index contributed by atoms with van der Waals surface area (Å²) in [6, 6.07) is 3.26. The molecule has 0 aliphatic heterocycles. The smallest absolute Gasteiger partial charge is 0.416 e. The van der Waals surface area contributed by atoms with Gasteiger partial charge < -0.3 is 14.4 Å². The molecule has 0 spiro atoms. The monoisotopic (exact) mass is 315 g/mol. The summed E-state index contributed by atoms with van der Waals surface area (Å²) in [5.74, 6) is -0.880. The molecule has 2 aromatic rings. The van der Waals surface area contributed by atoms with Gasteiger partial charge in [-0.25, -0.2) is 4.79 Å². The highest BCUT2D eigenvalue weighted by Crippen LogP contribution is 2.34. The van der Waals surface area contributed by atoms with Crippen molar-refractivity contribution in [1.29, 1.82) is 0 Å². The molecule has 0 bridgehead atoms. The number of esters is 1. The zero-order valence-electron chi connectivity index (χ0n) is 12.1. The summed E-state index contributed by atoms with van der Waals surface area (Å²) < 4.78 is 45.0. The van der Waals surface area contributed by atoms with Crippen LogP contribution in [0.25, 0.3) is 10.9 Å². The highest BCUT2D eigenvalue weighted by molar-refractivity contribution is 5.90. The molecular formula is C15H16F3NO3. The first kappa shape index (κ1) is 16.4. The van der Waals surface area contributed by atoms with Gasteiger partial charge in [0.1, 0.15) is 0 Å². The highest BCUT2D eigenvalue weighted by atomic mass is 19.4. The van der Waals surface area contributed by atoms with Crippen LogP contribution < -0.4 is 0 Å². The lowest BCUT2D eigenvalue weighted by Crippen LogP contribution is -2.15. The van der Waals surface area contributed by atoms with Gasteiger partial charge in [0, 0.05) is 29.2 Å². The van der Waals surface area contributed by atoms with Crippen LogP contribution in [0.5, 0.6) is 0 Å². The molecule has 0 amide bonds. The molecular weight excluding hydrogens is 299 g/mol. The van der Waals surface area contributed by atoms with Crippen LogP contribution >= 0.6 is 0 Å². The molecule has 1 N–H and O–H groups in total. The molecule has 1 atom stereocenters. The summed E-state index contributed by atoms with van der Waals surface area (Å²) in [6.45, 7) is 3.98. The third kappa shape index (κ3) is 2.94. The first-order valence-electron chi connectivity index (χ1n) is 6.84. The Bertz CT molecular complexity index is 691. The van der Waals surface area contributed by atoms with Crippen LogP contribution in [0, 0.1) is 0 Å². The van der Waals surface area contributed by atoms with E-state index in [-0.39, 0.29) is 17.6 Å². The average Bonchev–Trinajstić information content (AvgIpc) is 2.83. The van der Waals surface area contributed by atoms with E-state index in [1.165, 1.54) is 12.3 Å². The molecule has 2 rings (SSSR count). The van der Waals surface area contributed by atoms with E-state index in [0.29, 0.717) is 12.1 Å². The lowest BCUT2D eigenvalue weighted by atomic mass is 10.1. The van der Waals surface area contributed by atoms with Gasteiger partial charge in [0.05, 0.1) is 12.2 Å². The Hall–Kier alpha value is -2.02. The number of benzene rings is 1. The molecule has 7 heteroatoms. The molecule has 120 valence electrons. The second-order valence-corrected chi connectivity index (χ2v) is 4.75. The summed E-state index contributed by atoms with van der Waals surface area (Å²) in [7, 11) is 0. The summed E-state index contributed by atoms with van der Waals surface area (Å²) in [5, 5.41) is 10.2. The molecule has 0 saturated carbocycles. The van der Waals surface area contributed by atoms with E-state index in [2.05, 4.69) is 0 Å².